The number of anilines is 1. The lowest BCUT2D eigenvalue weighted by Crippen LogP contribution is -2.33. The molecule has 3 rings (SSSR count). The number of pyridine rings is 1. The molecule has 1 aromatic carbocycles. The normalized spacial score (nSPS) is 18.3. The molecule has 0 aliphatic carbocycles. The van der Waals surface area contributed by atoms with E-state index in [-0.39, 0.29) is 10.6 Å². The van der Waals surface area contributed by atoms with Crippen LogP contribution < -0.4 is 10.6 Å². The minimum atomic E-state index is -3.34. The van der Waals surface area contributed by atoms with Crippen molar-refractivity contribution in [2.75, 3.05) is 11.1 Å². The van der Waals surface area contributed by atoms with Gasteiger partial charge in [0.05, 0.1) is 16.7 Å². The predicted octanol–water partition coefficient (Wildman–Crippen LogP) is 2.35. The van der Waals surface area contributed by atoms with Gasteiger partial charge in [-0.2, -0.15) is 0 Å². The fourth-order valence-electron chi connectivity index (χ4n) is 2.79. The van der Waals surface area contributed by atoms with Crippen LogP contribution in [-0.4, -0.2) is 25.2 Å². The van der Waals surface area contributed by atoms with Crippen molar-refractivity contribution in [2.24, 2.45) is 0 Å². The van der Waals surface area contributed by atoms with Crippen LogP contribution in [0.15, 0.2) is 41.3 Å². The van der Waals surface area contributed by atoms with Crippen molar-refractivity contribution in [2.45, 2.75) is 24.8 Å². The van der Waals surface area contributed by atoms with Gasteiger partial charge in [0.2, 0.25) is 0 Å². The van der Waals surface area contributed by atoms with Crippen molar-refractivity contribution in [3.8, 4) is 0 Å². The smallest absolute Gasteiger partial charge is 0.320 e. The third kappa shape index (κ3) is 3.19. The summed E-state index contributed by atoms with van der Waals surface area (Å²) in [5, 5.41) is 5.36. The molecule has 6 nitrogen and oxygen atoms in total. The zero-order valence-corrected chi connectivity index (χ0v) is 13.6. The van der Waals surface area contributed by atoms with Crippen LogP contribution in [-0.2, 0) is 9.84 Å². The summed E-state index contributed by atoms with van der Waals surface area (Å²) in [6, 6.07) is 9.36. The van der Waals surface area contributed by atoms with Gasteiger partial charge in [-0.05, 0) is 43.2 Å². The largest absolute Gasteiger partial charge is 0.330 e. The third-order valence-electron chi connectivity index (χ3n) is 3.66. The van der Waals surface area contributed by atoms with Gasteiger partial charge in [-0.1, -0.05) is 18.2 Å². The van der Waals surface area contributed by atoms with Crippen molar-refractivity contribution in [3.05, 3.63) is 53.2 Å². The number of amides is 2. The Kier molecular flexibility index (Phi) is 3.81. The predicted molar refractivity (Wildman–Crippen MR) is 87.1 cm³/mol. The Morgan fingerprint density at radius 1 is 1.22 bits per heavy atom. The fourth-order valence-corrected chi connectivity index (χ4v) is 4.52. The maximum atomic E-state index is 12.2. The minimum absolute atomic E-state index is 0.125. The van der Waals surface area contributed by atoms with Gasteiger partial charge in [0.1, 0.15) is 5.82 Å². The minimum Gasteiger partial charge on any atom is -0.330 e. The topological polar surface area (TPSA) is 88.2 Å². The second kappa shape index (κ2) is 5.66. The van der Waals surface area contributed by atoms with E-state index in [0.29, 0.717) is 11.4 Å². The molecule has 1 aromatic heterocycles. The Morgan fingerprint density at radius 3 is 2.70 bits per heavy atom. The first-order valence-electron chi connectivity index (χ1n) is 7.20. The fraction of sp³-hybridized carbons (Fsp3) is 0.250. The van der Waals surface area contributed by atoms with Gasteiger partial charge < -0.3 is 5.32 Å². The molecule has 0 spiro atoms. The lowest BCUT2D eigenvalue weighted by atomic mass is 10.1. The monoisotopic (exact) mass is 331 g/mol. The van der Waals surface area contributed by atoms with Crippen molar-refractivity contribution < 1.29 is 13.2 Å². The quantitative estimate of drug-likeness (QED) is 0.884. The van der Waals surface area contributed by atoms with E-state index >= 15 is 0 Å². The molecule has 2 heterocycles. The summed E-state index contributed by atoms with van der Waals surface area (Å²) >= 11 is 0. The number of nitrogens with zero attached hydrogens (tertiary/aromatic N) is 1. The number of aryl methyl sites for hydroxylation is 2. The molecule has 0 radical (unpaired) electrons. The zero-order chi connectivity index (χ0) is 16.6. The molecule has 1 aliphatic heterocycles. The molecular formula is C16H17N3O3S. The molecule has 7 heteroatoms. The lowest BCUT2D eigenvalue weighted by molar-refractivity contribution is 0.249. The van der Waals surface area contributed by atoms with E-state index in [1.54, 1.807) is 30.3 Å². The summed E-state index contributed by atoms with van der Waals surface area (Å²) in [7, 11) is -3.34. The molecule has 1 atom stereocenters. The van der Waals surface area contributed by atoms with Gasteiger partial charge in [0, 0.05) is 5.69 Å². The molecule has 0 fully saturated rings. The number of urea groups is 1. The Morgan fingerprint density at radius 2 is 1.96 bits per heavy atom. The molecule has 0 saturated heterocycles. The number of rotatable bonds is 2. The maximum absolute atomic E-state index is 12.2. The van der Waals surface area contributed by atoms with Crippen LogP contribution in [0, 0.1) is 13.8 Å². The van der Waals surface area contributed by atoms with Crippen molar-refractivity contribution >= 4 is 21.7 Å². The van der Waals surface area contributed by atoms with Gasteiger partial charge in [0.15, 0.2) is 9.84 Å². The van der Waals surface area contributed by atoms with Crippen LogP contribution in [0.2, 0.25) is 0 Å². The van der Waals surface area contributed by atoms with Crippen LogP contribution in [0.1, 0.15) is 22.9 Å². The number of sulfone groups is 1. The molecule has 2 aromatic rings. The maximum Gasteiger partial charge on any atom is 0.320 e. The summed E-state index contributed by atoms with van der Waals surface area (Å²) in [5.74, 6) is 0.314. The number of benzene rings is 1. The highest BCUT2D eigenvalue weighted by molar-refractivity contribution is 7.91. The van der Waals surface area contributed by atoms with E-state index in [1.165, 1.54) is 0 Å². The number of fused-ring (bicyclic) bond motifs is 1. The standard InChI is InChI=1S/C16H17N3O3S/c1-10-7-11(2)17-15(8-10)19-16(20)18-13-9-23(21,22)14-6-4-3-5-12(13)14/h3-8,13H,9H2,1-2H3,(H2,17,18,19,20)/t13-/m0/s1. The van der Waals surface area contributed by atoms with Crippen LogP contribution in [0.4, 0.5) is 10.6 Å². The number of aromatic nitrogens is 1. The van der Waals surface area contributed by atoms with Crippen molar-refractivity contribution in [1.29, 1.82) is 0 Å². The first-order valence-corrected chi connectivity index (χ1v) is 8.85. The number of hydrogen-bond acceptors (Lipinski definition) is 4. The Balaban J connectivity index is 1.77. The molecular weight excluding hydrogens is 314 g/mol. The van der Waals surface area contributed by atoms with E-state index in [4.69, 9.17) is 0 Å². The first-order chi connectivity index (χ1) is 10.8. The van der Waals surface area contributed by atoms with Crippen LogP contribution >= 0.6 is 0 Å². The molecule has 0 saturated carbocycles. The number of carbonyl (C=O) groups is 1. The van der Waals surface area contributed by atoms with Gasteiger partial charge in [-0.25, -0.2) is 18.2 Å². The van der Waals surface area contributed by atoms with Crippen molar-refractivity contribution in [1.82, 2.24) is 10.3 Å². The molecule has 120 valence electrons. The summed E-state index contributed by atoms with van der Waals surface area (Å²) < 4.78 is 24.2. The average molecular weight is 331 g/mol. The highest BCUT2D eigenvalue weighted by Crippen LogP contribution is 2.32. The lowest BCUT2D eigenvalue weighted by Gasteiger charge is -2.13. The van der Waals surface area contributed by atoms with Gasteiger partial charge in [-0.3, -0.25) is 5.32 Å². The highest BCUT2D eigenvalue weighted by Gasteiger charge is 2.35. The van der Waals surface area contributed by atoms with Gasteiger partial charge in [0.25, 0.3) is 0 Å². The second-order valence-electron chi connectivity index (χ2n) is 5.64. The van der Waals surface area contributed by atoms with E-state index in [9.17, 15) is 13.2 Å². The SMILES string of the molecule is Cc1cc(C)nc(NC(=O)N[C@H]2CS(=O)(=O)c3ccccc32)c1. The average Bonchev–Trinajstić information content (AvgIpc) is 2.69. The van der Waals surface area contributed by atoms with E-state index in [2.05, 4.69) is 15.6 Å². The summed E-state index contributed by atoms with van der Waals surface area (Å²) in [6.07, 6.45) is 0. The molecule has 2 amide bonds. The zero-order valence-electron chi connectivity index (χ0n) is 12.8. The summed E-state index contributed by atoms with van der Waals surface area (Å²) in [5.41, 5.74) is 2.41. The number of carbonyl (C=O) groups excluding carboxylic acids is 1. The molecule has 2 N–H and O–H groups in total. The van der Waals surface area contributed by atoms with Crippen LogP contribution in [0.25, 0.3) is 0 Å². The number of nitrogens with one attached hydrogen (secondary N) is 2. The second-order valence-corrected chi connectivity index (χ2v) is 7.64. The molecule has 23 heavy (non-hydrogen) atoms. The Labute approximate surface area is 134 Å². The molecule has 0 unspecified atom stereocenters. The first kappa shape index (κ1) is 15.5. The van der Waals surface area contributed by atoms with Crippen LogP contribution in [0.3, 0.4) is 0 Å². The number of hydrogen-bond donors (Lipinski definition) is 2. The Hall–Kier alpha value is -2.41. The van der Waals surface area contributed by atoms with E-state index in [1.807, 2.05) is 19.9 Å². The molecule has 0 bridgehead atoms. The summed E-state index contributed by atoms with van der Waals surface area (Å²) in [6.45, 7) is 3.76. The van der Waals surface area contributed by atoms with Gasteiger partial charge in [-0.15, -0.1) is 0 Å². The summed E-state index contributed by atoms with van der Waals surface area (Å²) in [4.78, 5) is 16.7. The highest BCUT2D eigenvalue weighted by atomic mass is 32.2. The molecule has 1 aliphatic rings. The third-order valence-corrected chi connectivity index (χ3v) is 5.47. The van der Waals surface area contributed by atoms with E-state index < -0.39 is 21.9 Å². The Bertz CT molecular complexity index is 858. The van der Waals surface area contributed by atoms with E-state index in [0.717, 1.165) is 11.3 Å². The van der Waals surface area contributed by atoms with Crippen molar-refractivity contribution in [3.63, 3.8) is 0 Å². The van der Waals surface area contributed by atoms with Gasteiger partial charge >= 0.3 is 6.03 Å². The van der Waals surface area contributed by atoms with Crippen LogP contribution in [0.5, 0.6) is 0 Å².